The minimum absolute atomic E-state index is 0.0643. The molecule has 4 rings (SSSR count). The van der Waals surface area contributed by atoms with E-state index in [1.807, 2.05) is 36.5 Å². The van der Waals surface area contributed by atoms with Crippen LogP contribution in [0.5, 0.6) is 11.5 Å². The maximum absolute atomic E-state index is 12.5. The van der Waals surface area contributed by atoms with Gasteiger partial charge in [0, 0.05) is 23.4 Å². The number of imidazole rings is 1. The summed E-state index contributed by atoms with van der Waals surface area (Å²) in [4.78, 5) is 16.9. The van der Waals surface area contributed by atoms with E-state index in [1.54, 1.807) is 10.9 Å². The van der Waals surface area contributed by atoms with E-state index in [2.05, 4.69) is 15.2 Å². The van der Waals surface area contributed by atoms with E-state index in [0.29, 0.717) is 11.2 Å². The molecule has 0 atom stereocenters. The lowest BCUT2D eigenvalue weighted by Gasteiger charge is -2.16. The molecule has 0 unspecified atom stereocenters. The lowest BCUT2D eigenvalue weighted by Crippen LogP contribution is -2.34. The highest BCUT2D eigenvalue weighted by molar-refractivity contribution is 6.00. The van der Waals surface area contributed by atoms with Crippen LogP contribution in [-0.4, -0.2) is 52.6 Å². The summed E-state index contributed by atoms with van der Waals surface area (Å²) in [5.41, 5.74) is 4.53. The number of aromatic amines is 1. The number of hydrogen-bond acceptors (Lipinski definition) is 5. The fourth-order valence-electron chi connectivity index (χ4n) is 3.47. The number of aryl methyl sites for hydroxylation is 1. The van der Waals surface area contributed by atoms with Crippen molar-refractivity contribution in [1.29, 1.82) is 0 Å². The summed E-state index contributed by atoms with van der Waals surface area (Å²) in [6, 6.07) is 10.7. The molecular weight excluding hydrogens is 439 g/mol. The number of carbonyl (C=O) groups excluding carboxylic acids is 1. The average molecular weight is 459 g/mol. The summed E-state index contributed by atoms with van der Waals surface area (Å²) >= 11 is 0. The van der Waals surface area contributed by atoms with Gasteiger partial charge in [0.2, 0.25) is 0 Å². The fraction of sp³-hybridized carbons (Fsp3) is 0.227. The lowest BCUT2D eigenvalue weighted by atomic mass is 10.1. The molecule has 8 nitrogen and oxygen atoms in total. The van der Waals surface area contributed by atoms with Crippen molar-refractivity contribution in [1.82, 2.24) is 25.1 Å². The van der Waals surface area contributed by atoms with Crippen molar-refractivity contribution in [2.75, 3.05) is 20.8 Å². The summed E-state index contributed by atoms with van der Waals surface area (Å²) in [6.07, 6.45) is -2.94. The molecule has 0 aliphatic rings. The van der Waals surface area contributed by atoms with Gasteiger partial charge in [0.15, 0.2) is 0 Å². The smallest absolute Gasteiger partial charge is 0.405 e. The summed E-state index contributed by atoms with van der Waals surface area (Å²) in [5.74, 6) is -0.828. The van der Waals surface area contributed by atoms with Crippen LogP contribution >= 0.6 is 0 Å². The fourth-order valence-corrected chi connectivity index (χ4v) is 3.47. The Balaban J connectivity index is 1.74. The summed E-state index contributed by atoms with van der Waals surface area (Å²) < 4.78 is 50.0. The van der Waals surface area contributed by atoms with Crippen LogP contribution in [0.15, 0.2) is 42.7 Å². The third-order valence-corrected chi connectivity index (χ3v) is 4.99. The van der Waals surface area contributed by atoms with Gasteiger partial charge in [-0.25, -0.2) is 4.98 Å². The molecular formula is C22H20F3N5O3. The van der Waals surface area contributed by atoms with Crippen molar-refractivity contribution in [3.63, 3.8) is 0 Å². The van der Waals surface area contributed by atoms with Crippen LogP contribution in [-0.2, 0) is 0 Å². The van der Waals surface area contributed by atoms with Crippen molar-refractivity contribution in [2.24, 2.45) is 0 Å². The van der Waals surface area contributed by atoms with Gasteiger partial charge in [-0.3, -0.25) is 14.5 Å². The number of amides is 1. The maximum Gasteiger partial charge on any atom is 0.405 e. The zero-order chi connectivity index (χ0) is 23.8. The number of nitrogens with zero attached hydrogens (tertiary/aromatic N) is 3. The normalized spacial score (nSPS) is 11.6. The Labute approximate surface area is 186 Å². The Morgan fingerprint density at radius 1 is 1.12 bits per heavy atom. The molecule has 33 heavy (non-hydrogen) atoms. The molecule has 0 aliphatic carbocycles. The number of alkyl halides is 3. The van der Waals surface area contributed by atoms with Gasteiger partial charge in [-0.15, -0.1) is 0 Å². The Kier molecular flexibility index (Phi) is 5.71. The number of hydrogen-bond donors (Lipinski definition) is 2. The van der Waals surface area contributed by atoms with Gasteiger partial charge in [-0.2, -0.15) is 18.3 Å². The number of fused-ring (bicyclic) bond motifs is 1. The Morgan fingerprint density at radius 3 is 2.39 bits per heavy atom. The number of benzene rings is 2. The Bertz CT molecular complexity index is 1300. The van der Waals surface area contributed by atoms with Crippen molar-refractivity contribution < 1.29 is 27.4 Å². The quantitative estimate of drug-likeness (QED) is 0.454. The molecule has 0 saturated heterocycles. The predicted molar refractivity (Wildman–Crippen MR) is 115 cm³/mol. The Hall–Kier alpha value is -4.02. The van der Waals surface area contributed by atoms with E-state index in [9.17, 15) is 18.0 Å². The molecule has 11 heteroatoms. The molecule has 0 aliphatic heterocycles. The highest BCUT2D eigenvalue weighted by atomic mass is 19.4. The zero-order valence-corrected chi connectivity index (χ0v) is 17.9. The van der Waals surface area contributed by atoms with E-state index in [4.69, 9.17) is 9.47 Å². The number of carbonyl (C=O) groups is 1. The number of aromatic nitrogens is 4. The number of halogens is 3. The third kappa shape index (κ3) is 4.47. The van der Waals surface area contributed by atoms with Crippen molar-refractivity contribution in [3.05, 3.63) is 54.0 Å². The second kappa shape index (κ2) is 8.49. The van der Waals surface area contributed by atoms with Gasteiger partial charge in [-0.1, -0.05) is 6.07 Å². The largest absolute Gasteiger partial charge is 0.496 e. The number of rotatable bonds is 6. The van der Waals surface area contributed by atoms with Crippen LogP contribution in [0.3, 0.4) is 0 Å². The van der Waals surface area contributed by atoms with Crippen LogP contribution in [0.1, 0.15) is 16.1 Å². The number of methoxy groups -OCH3 is 2. The Morgan fingerprint density at radius 2 is 1.82 bits per heavy atom. The third-order valence-electron chi connectivity index (χ3n) is 4.99. The molecule has 1 amide bonds. The van der Waals surface area contributed by atoms with E-state index < -0.39 is 18.6 Å². The molecule has 172 valence electrons. The van der Waals surface area contributed by atoms with E-state index in [1.165, 1.54) is 26.4 Å². The number of ether oxygens (including phenoxy) is 2. The summed E-state index contributed by atoms with van der Waals surface area (Å²) in [7, 11) is 2.65. The van der Waals surface area contributed by atoms with E-state index in [0.717, 1.165) is 22.5 Å². The van der Waals surface area contributed by atoms with Gasteiger partial charge in [0.1, 0.15) is 29.9 Å². The van der Waals surface area contributed by atoms with Crippen LogP contribution in [0, 0.1) is 6.92 Å². The molecule has 0 spiro atoms. The van der Waals surface area contributed by atoms with Gasteiger partial charge < -0.3 is 14.8 Å². The topological polar surface area (TPSA) is 94.1 Å². The summed E-state index contributed by atoms with van der Waals surface area (Å²) in [6.45, 7) is 0.446. The molecule has 2 aromatic carbocycles. The van der Waals surface area contributed by atoms with E-state index >= 15 is 0 Å². The minimum atomic E-state index is -4.54. The van der Waals surface area contributed by atoms with Crippen molar-refractivity contribution in [3.8, 4) is 28.4 Å². The first-order chi connectivity index (χ1) is 15.7. The molecule has 0 saturated carbocycles. The van der Waals surface area contributed by atoms with Gasteiger partial charge in [-0.05, 0) is 25.1 Å². The molecule has 2 aromatic heterocycles. The first kappa shape index (κ1) is 22.2. The highest BCUT2D eigenvalue weighted by Gasteiger charge is 2.30. The van der Waals surface area contributed by atoms with Gasteiger partial charge in [0.05, 0.1) is 36.6 Å². The lowest BCUT2D eigenvalue weighted by molar-refractivity contribution is -0.123. The van der Waals surface area contributed by atoms with Crippen molar-refractivity contribution in [2.45, 2.75) is 13.1 Å². The molecule has 0 fully saturated rings. The van der Waals surface area contributed by atoms with Gasteiger partial charge >= 0.3 is 6.18 Å². The molecule has 2 N–H and O–H groups in total. The van der Waals surface area contributed by atoms with Crippen LogP contribution in [0.4, 0.5) is 13.2 Å². The van der Waals surface area contributed by atoms with Crippen LogP contribution in [0.2, 0.25) is 0 Å². The molecule has 0 radical (unpaired) electrons. The molecule has 4 aromatic rings. The second-order valence-corrected chi connectivity index (χ2v) is 7.28. The predicted octanol–water partition coefficient (Wildman–Crippen LogP) is 4.03. The van der Waals surface area contributed by atoms with Crippen molar-refractivity contribution >= 4 is 16.9 Å². The maximum atomic E-state index is 12.5. The standard InChI is InChI=1S/C22H20F3N5O3/c1-12-6-15(29-28-12)13-4-5-17-16(7-13)27-11-30(17)14-8-18(32-2)20(19(9-14)33-3)21(31)26-10-22(23,24)25/h4-9,11H,10H2,1-3H3,(H,26,31)(H,28,29). The SMILES string of the molecule is COc1cc(-n2cnc3cc(-c4cc(C)[nH]n4)ccc32)cc(OC)c1C(=O)NCC(F)(F)F. The van der Waals surface area contributed by atoms with E-state index in [-0.39, 0.29) is 17.1 Å². The van der Waals surface area contributed by atoms with Gasteiger partial charge in [0.25, 0.3) is 5.91 Å². The highest BCUT2D eigenvalue weighted by Crippen LogP contribution is 2.34. The average Bonchev–Trinajstić information content (AvgIpc) is 3.41. The zero-order valence-electron chi connectivity index (χ0n) is 17.9. The monoisotopic (exact) mass is 459 g/mol. The summed E-state index contributed by atoms with van der Waals surface area (Å²) in [5, 5.41) is 9.01. The van der Waals surface area contributed by atoms with Crippen LogP contribution < -0.4 is 14.8 Å². The number of nitrogens with one attached hydrogen (secondary N) is 2. The second-order valence-electron chi connectivity index (χ2n) is 7.28. The molecule has 0 bridgehead atoms. The first-order valence-electron chi connectivity index (χ1n) is 9.81. The van der Waals surface area contributed by atoms with Crippen LogP contribution in [0.25, 0.3) is 28.0 Å². The first-order valence-corrected chi connectivity index (χ1v) is 9.81. The minimum Gasteiger partial charge on any atom is -0.496 e. The molecule has 2 heterocycles. The number of H-pyrrole nitrogens is 1.